The van der Waals surface area contributed by atoms with Gasteiger partial charge in [-0.15, -0.1) is 0 Å². The van der Waals surface area contributed by atoms with Gasteiger partial charge >= 0.3 is 0 Å². The van der Waals surface area contributed by atoms with E-state index in [1.54, 1.807) is 0 Å². The molecule has 0 heterocycles. The second kappa shape index (κ2) is 4.19. The van der Waals surface area contributed by atoms with Gasteiger partial charge in [0.25, 0.3) is 0 Å². The van der Waals surface area contributed by atoms with Crippen LogP contribution in [0.4, 0.5) is 0 Å². The number of para-hydroxylation sites is 1. The first kappa shape index (κ1) is 10.9. The van der Waals surface area contributed by atoms with E-state index >= 15 is 0 Å². The van der Waals surface area contributed by atoms with E-state index in [-0.39, 0.29) is 5.41 Å². The first-order valence-corrected chi connectivity index (χ1v) is 6.07. The minimum atomic E-state index is -0.254. The van der Waals surface area contributed by atoms with Crippen LogP contribution >= 0.6 is 0 Å². The Morgan fingerprint density at radius 3 is 2.33 bits per heavy atom. The number of rotatable bonds is 3. The first-order valence-electron chi connectivity index (χ1n) is 6.07. The van der Waals surface area contributed by atoms with Crippen molar-refractivity contribution in [3.63, 3.8) is 0 Å². The molecule has 18 heavy (non-hydrogen) atoms. The van der Waals surface area contributed by atoms with Crippen LogP contribution < -0.4 is 4.74 Å². The van der Waals surface area contributed by atoms with Crippen molar-refractivity contribution in [2.75, 3.05) is 0 Å². The summed E-state index contributed by atoms with van der Waals surface area (Å²) >= 11 is 0. The van der Waals surface area contributed by atoms with Gasteiger partial charge in [-0.3, -0.25) is 0 Å². The molecule has 2 aromatic rings. The zero-order chi connectivity index (χ0) is 12.4. The molecule has 0 atom stereocenters. The quantitative estimate of drug-likeness (QED) is 0.804. The number of benzene rings is 2. The molecule has 2 nitrogen and oxygen atoms in total. The maximum absolute atomic E-state index is 9.20. The largest absolute Gasteiger partial charge is 0.457 e. The Morgan fingerprint density at radius 2 is 1.67 bits per heavy atom. The van der Waals surface area contributed by atoms with E-state index in [9.17, 15) is 5.26 Å². The van der Waals surface area contributed by atoms with Crippen molar-refractivity contribution in [2.24, 2.45) is 0 Å². The SMILES string of the molecule is N#CC1(c2cccc(Oc3ccccc3)c2)CC1. The summed E-state index contributed by atoms with van der Waals surface area (Å²) in [5.74, 6) is 1.61. The molecule has 1 saturated carbocycles. The van der Waals surface area contributed by atoms with Crippen LogP contribution in [0, 0.1) is 11.3 Å². The normalized spacial score (nSPS) is 15.7. The Balaban J connectivity index is 1.86. The molecule has 1 aliphatic carbocycles. The molecule has 0 bridgehead atoms. The van der Waals surface area contributed by atoms with Crippen molar-refractivity contribution in [3.05, 3.63) is 60.2 Å². The van der Waals surface area contributed by atoms with E-state index < -0.39 is 0 Å². The number of hydrogen-bond acceptors (Lipinski definition) is 2. The lowest BCUT2D eigenvalue weighted by molar-refractivity contribution is 0.481. The molecule has 0 unspecified atom stereocenters. The molecule has 1 aliphatic rings. The highest BCUT2D eigenvalue weighted by Crippen LogP contribution is 2.48. The van der Waals surface area contributed by atoms with Gasteiger partial charge in [0.2, 0.25) is 0 Å². The van der Waals surface area contributed by atoms with Crippen molar-refractivity contribution in [1.29, 1.82) is 5.26 Å². The predicted molar refractivity (Wildman–Crippen MR) is 69.5 cm³/mol. The molecule has 0 radical (unpaired) electrons. The van der Waals surface area contributed by atoms with Gasteiger partial charge in [-0.25, -0.2) is 0 Å². The van der Waals surface area contributed by atoms with Gasteiger partial charge in [0, 0.05) is 0 Å². The van der Waals surface area contributed by atoms with Crippen LogP contribution in [0.2, 0.25) is 0 Å². The van der Waals surface area contributed by atoms with Crippen molar-refractivity contribution >= 4 is 0 Å². The predicted octanol–water partition coefficient (Wildman–Crippen LogP) is 4.03. The summed E-state index contributed by atoms with van der Waals surface area (Å²) in [6, 6.07) is 19.9. The number of nitriles is 1. The van der Waals surface area contributed by atoms with Crippen LogP contribution in [0.5, 0.6) is 11.5 Å². The molecule has 0 aliphatic heterocycles. The van der Waals surface area contributed by atoms with Crippen molar-refractivity contribution in [3.8, 4) is 17.6 Å². The van der Waals surface area contributed by atoms with Gasteiger partial charge in [-0.05, 0) is 42.7 Å². The second-order valence-corrected chi connectivity index (χ2v) is 4.64. The molecule has 3 rings (SSSR count). The summed E-state index contributed by atoms with van der Waals surface area (Å²) in [5.41, 5.74) is 0.814. The second-order valence-electron chi connectivity index (χ2n) is 4.64. The fraction of sp³-hybridized carbons (Fsp3) is 0.188. The Kier molecular flexibility index (Phi) is 2.53. The Hall–Kier alpha value is -2.27. The standard InChI is InChI=1S/C16H13NO/c17-12-16(9-10-16)13-5-4-8-15(11-13)18-14-6-2-1-3-7-14/h1-8,11H,9-10H2. The molecule has 0 spiro atoms. The Bertz CT molecular complexity index is 594. The van der Waals surface area contributed by atoms with Gasteiger partial charge in [-0.2, -0.15) is 5.26 Å². The van der Waals surface area contributed by atoms with Crippen LogP contribution in [0.3, 0.4) is 0 Å². The van der Waals surface area contributed by atoms with E-state index in [1.807, 2.05) is 54.6 Å². The van der Waals surface area contributed by atoms with Crippen LogP contribution in [-0.2, 0) is 5.41 Å². The molecule has 88 valence electrons. The molecule has 2 aromatic carbocycles. The molecule has 0 amide bonds. The summed E-state index contributed by atoms with van der Waals surface area (Å²) in [6.45, 7) is 0. The average Bonchev–Trinajstić information content (AvgIpc) is 3.21. The van der Waals surface area contributed by atoms with Gasteiger partial charge in [0.1, 0.15) is 11.5 Å². The molecule has 0 saturated heterocycles. The van der Waals surface area contributed by atoms with E-state index in [1.165, 1.54) is 0 Å². The highest BCUT2D eigenvalue weighted by Gasteiger charge is 2.44. The van der Waals surface area contributed by atoms with Gasteiger partial charge in [0.05, 0.1) is 11.5 Å². The van der Waals surface area contributed by atoms with Gasteiger partial charge in [-0.1, -0.05) is 30.3 Å². The topological polar surface area (TPSA) is 33.0 Å². The molecule has 0 aromatic heterocycles. The van der Waals surface area contributed by atoms with Crippen LogP contribution in [0.25, 0.3) is 0 Å². The molecule has 0 N–H and O–H groups in total. The lowest BCUT2D eigenvalue weighted by Gasteiger charge is -2.10. The summed E-state index contributed by atoms with van der Waals surface area (Å²) in [6.07, 6.45) is 1.91. The van der Waals surface area contributed by atoms with Crippen molar-refractivity contribution in [2.45, 2.75) is 18.3 Å². The third-order valence-corrected chi connectivity index (χ3v) is 3.33. The third-order valence-electron chi connectivity index (χ3n) is 3.33. The Morgan fingerprint density at radius 1 is 0.944 bits per heavy atom. The molecular weight excluding hydrogens is 222 g/mol. The van der Waals surface area contributed by atoms with E-state index in [2.05, 4.69) is 6.07 Å². The average molecular weight is 235 g/mol. The zero-order valence-corrected chi connectivity index (χ0v) is 9.97. The monoisotopic (exact) mass is 235 g/mol. The molecular formula is C16H13NO. The van der Waals surface area contributed by atoms with E-state index in [4.69, 9.17) is 4.74 Å². The van der Waals surface area contributed by atoms with E-state index in [0.29, 0.717) is 0 Å². The van der Waals surface area contributed by atoms with Crippen LogP contribution in [0.15, 0.2) is 54.6 Å². The first-order chi connectivity index (χ1) is 8.82. The van der Waals surface area contributed by atoms with Crippen molar-refractivity contribution < 1.29 is 4.74 Å². The smallest absolute Gasteiger partial charge is 0.127 e. The van der Waals surface area contributed by atoms with Gasteiger partial charge in [0.15, 0.2) is 0 Å². The fourth-order valence-electron chi connectivity index (χ4n) is 2.07. The Labute approximate surface area is 106 Å². The summed E-state index contributed by atoms with van der Waals surface area (Å²) in [7, 11) is 0. The summed E-state index contributed by atoms with van der Waals surface area (Å²) < 4.78 is 5.78. The fourth-order valence-corrected chi connectivity index (χ4v) is 2.07. The van der Waals surface area contributed by atoms with Crippen LogP contribution in [0.1, 0.15) is 18.4 Å². The van der Waals surface area contributed by atoms with Crippen LogP contribution in [-0.4, -0.2) is 0 Å². The highest BCUT2D eigenvalue weighted by atomic mass is 16.5. The molecule has 1 fully saturated rings. The third kappa shape index (κ3) is 1.96. The highest BCUT2D eigenvalue weighted by molar-refractivity contribution is 5.43. The van der Waals surface area contributed by atoms with E-state index in [0.717, 1.165) is 29.9 Å². The lowest BCUT2D eigenvalue weighted by atomic mass is 9.98. The summed E-state index contributed by atoms with van der Waals surface area (Å²) in [5, 5.41) is 9.20. The number of nitrogens with zero attached hydrogens (tertiary/aromatic N) is 1. The molecule has 2 heteroatoms. The summed E-state index contributed by atoms with van der Waals surface area (Å²) in [4.78, 5) is 0. The lowest BCUT2D eigenvalue weighted by Crippen LogP contribution is -2.02. The zero-order valence-electron chi connectivity index (χ0n) is 9.97. The minimum Gasteiger partial charge on any atom is -0.457 e. The maximum Gasteiger partial charge on any atom is 0.127 e. The minimum absolute atomic E-state index is 0.254. The number of ether oxygens (including phenoxy) is 1. The van der Waals surface area contributed by atoms with Crippen molar-refractivity contribution in [1.82, 2.24) is 0 Å². The van der Waals surface area contributed by atoms with Gasteiger partial charge < -0.3 is 4.74 Å². The maximum atomic E-state index is 9.20. The number of hydrogen-bond donors (Lipinski definition) is 0.